The van der Waals surface area contributed by atoms with Crippen LogP contribution in [0.2, 0.25) is 0 Å². The summed E-state index contributed by atoms with van der Waals surface area (Å²) in [4.78, 5) is 11.9. The Hall–Kier alpha value is -0.940. The lowest BCUT2D eigenvalue weighted by Gasteiger charge is -2.31. The van der Waals surface area contributed by atoms with Crippen LogP contribution in [0.1, 0.15) is 38.7 Å². The van der Waals surface area contributed by atoms with E-state index in [0.717, 1.165) is 12.8 Å². The van der Waals surface area contributed by atoms with Crippen LogP contribution in [-0.4, -0.2) is 18.2 Å². The average Bonchev–Trinajstić information content (AvgIpc) is 2.41. The smallest absolute Gasteiger partial charge is 0.311 e. The Kier molecular flexibility index (Phi) is 6.14. The predicted molar refractivity (Wildman–Crippen MR) is 78.7 cm³/mol. The molecule has 0 spiro atoms. The summed E-state index contributed by atoms with van der Waals surface area (Å²) in [5, 5.41) is 10.7. The van der Waals surface area contributed by atoms with Crippen LogP contribution in [0.5, 0.6) is 0 Å². The zero-order valence-corrected chi connectivity index (χ0v) is 13.5. The summed E-state index contributed by atoms with van der Waals surface area (Å²) in [6, 6.07) is 4.25. The van der Waals surface area contributed by atoms with Gasteiger partial charge in [0.1, 0.15) is 11.4 Å². The topological polar surface area (TPSA) is 46.5 Å². The Balaban J connectivity index is 3.13. The molecular weight excluding hydrogens is 327 g/mol. The van der Waals surface area contributed by atoms with Gasteiger partial charge in [-0.15, -0.1) is 0 Å². The second kappa shape index (κ2) is 7.18. The van der Waals surface area contributed by atoms with Crippen molar-refractivity contribution >= 4 is 21.9 Å². The molecular formula is C15H20BrFO3. The number of carbonyl (C=O) groups excluding carboxylic acids is 1. The average molecular weight is 347 g/mol. The zero-order chi connectivity index (χ0) is 15.3. The van der Waals surface area contributed by atoms with Gasteiger partial charge < -0.3 is 9.84 Å². The number of esters is 1. The standard InChI is InChI=1S/C15H20BrFO3/c1-4-5-6-11(14(18)20-3)15(2,19)10-7-8-13(17)12(16)9-10/h7-9,11,19H,4-6H2,1-3H3. The van der Waals surface area contributed by atoms with E-state index in [9.17, 15) is 14.3 Å². The molecule has 0 saturated carbocycles. The van der Waals surface area contributed by atoms with E-state index in [1.165, 1.54) is 25.3 Å². The number of benzene rings is 1. The minimum Gasteiger partial charge on any atom is -0.469 e. The molecule has 1 aromatic carbocycles. The van der Waals surface area contributed by atoms with Crippen molar-refractivity contribution < 1.29 is 19.0 Å². The third-order valence-corrected chi connectivity index (χ3v) is 4.12. The zero-order valence-electron chi connectivity index (χ0n) is 12.0. The first-order valence-electron chi connectivity index (χ1n) is 6.60. The van der Waals surface area contributed by atoms with Gasteiger partial charge in [-0.05, 0) is 47.0 Å². The number of methoxy groups -OCH3 is 1. The number of hydrogen-bond acceptors (Lipinski definition) is 3. The third-order valence-electron chi connectivity index (χ3n) is 3.51. The first-order valence-corrected chi connectivity index (χ1v) is 7.39. The predicted octanol–water partition coefficient (Wildman–Crippen LogP) is 3.78. The molecule has 1 N–H and O–H groups in total. The molecule has 0 aromatic heterocycles. The second-order valence-corrected chi connectivity index (χ2v) is 5.85. The molecule has 1 rings (SSSR count). The lowest BCUT2D eigenvalue weighted by atomic mass is 9.80. The van der Waals surface area contributed by atoms with Gasteiger partial charge in [0.25, 0.3) is 0 Å². The van der Waals surface area contributed by atoms with Gasteiger partial charge in [-0.25, -0.2) is 4.39 Å². The maximum atomic E-state index is 13.3. The van der Waals surface area contributed by atoms with Crippen molar-refractivity contribution in [2.45, 2.75) is 38.7 Å². The molecule has 2 atom stereocenters. The Morgan fingerprint density at radius 3 is 2.70 bits per heavy atom. The van der Waals surface area contributed by atoms with E-state index < -0.39 is 23.3 Å². The van der Waals surface area contributed by atoms with E-state index in [2.05, 4.69) is 15.9 Å². The summed E-state index contributed by atoms with van der Waals surface area (Å²) in [6.45, 7) is 3.57. The van der Waals surface area contributed by atoms with E-state index in [0.29, 0.717) is 12.0 Å². The Bertz CT molecular complexity index is 474. The molecule has 2 unspecified atom stereocenters. The highest BCUT2D eigenvalue weighted by molar-refractivity contribution is 9.10. The first kappa shape index (κ1) is 17.1. The fraction of sp³-hybridized carbons (Fsp3) is 0.533. The summed E-state index contributed by atoms with van der Waals surface area (Å²) in [7, 11) is 1.30. The minimum absolute atomic E-state index is 0.259. The number of hydrogen-bond donors (Lipinski definition) is 1. The molecule has 0 bridgehead atoms. The van der Waals surface area contributed by atoms with Gasteiger partial charge in [0.2, 0.25) is 0 Å². The van der Waals surface area contributed by atoms with Crippen molar-refractivity contribution in [3.05, 3.63) is 34.1 Å². The summed E-state index contributed by atoms with van der Waals surface area (Å²) in [6.07, 6.45) is 2.24. The Morgan fingerprint density at radius 1 is 1.55 bits per heavy atom. The van der Waals surface area contributed by atoms with Crippen molar-refractivity contribution in [1.29, 1.82) is 0 Å². The van der Waals surface area contributed by atoms with E-state index in [-0.39, 0.29) is 4.47 Å². The summed E-state index contributed by atoms with van der Waals surface area (Å²) in [5.74, 6) is -1.54. The molecule has 5 heteroatoms. The number of carbonyl (C=O) groups is 1. The lowest BCUT2D eigenvalue weighted by molar-refractivity contribution is -0.156. The van der Waals surface area contributed by atoms with Gasteiger partial charge in [-0.2, -0.15) is 0 Å². The van der Waals surface area contributed by atoms with Crippen LogP contribution in [0, 0.1) is 11.7 Å². The van der Waals surface area contributed by atoms with Crippen molar-refractivity contribution in [3.63, 3.8) is 0 Å². The molecule has 0 aliphatic heterocycles. The molecule has 112 valence electrons. The molecule has 0 amide bonds. The highest BCUT2D eigenvalue weighted by Gasteiger charge is 2.39. The minimum atomic E-state index is -1.40. The van der Waals surface area contributed by atoms with Crippen LogP contribution in [0.4, 0.5) is 4.39 Å². The lowest BCUT2D eigenvalue weighted by Crippen LogP contribution is -2.38. The number of unbranched alkanes of at least 4 members (excludes halogenated alkanes) is 1. The van der Waals surface area contributed by atoms with Crippen LogP contribution in [0.3, 0.4) is 0 Å². The van der Waals surface area contributed by atoms with Crippen LogP contribution < -0.4 is 0 Å². The van der Waals surface area contributed by atoms with Crippen LogP contribution in [-0.2, 0) is 15.1 Å². The SMILES string of the molecule is CCCCC(C(=O)OC)C(C)(O)c1ccc(F)c(Br)c1. The number of halogens is 2. The van der Waals surface area contributed by atoms with Crippen molar-refractivity contribution in [3.8, 4) is 0 Å². The highest BCUT2D eigenvalue weighted by atomic mass is 79.9. The fourth-order valence-electron chi connectivity index (χ4n) is 2.19. The second-order valence-electron chi connectivity index (χ2n) is 4.99. The molecule has 0 radical (unpaired) electrons. The molecule has 0 saturated heterocycles. The van der Waals surface area contributed by atoms with E-state index >= 15 is 0 Å². The number of rotatable bonds is 6. The van der Waals surface area contributed by atoms with Gasteiger partial charge in [-0.1, -0.05) is 25.8 Å². The maximum absolute atomic E-state index is 13.3. The van der Waals surface area contributed by atoms with Crippen molar-refractivity contribution in [2.24, 2.45) is 5.92 Å². The van der Waals surface area contributed by atoms with Gasteiger partial charge in [-0.3, -0.25) is 4.79 Å². The van der Waals surface area contributed by atoms with E-state index in [1.54, 1.807) is 6.92 Å². The van der Waals surface area contributed by atoms with Crippen LogP contribution >= 0.6 is 15.9 Å². The highest BCUT2D eigenvalue weighted by Crippen LogP contribution is 2.35. The molecule has 3 nitrogen and oxygen atoms in total. The largest absolute Gasteiger partial charge is 0.469 e. The van der Waals surface area contributed by atoms with Crippen molar-refractivity contribution in [1.82, 2.24) is 0 Å². The molecule has 1 aromatic rings. The first-order chi connectivity index (χ1) is 9.34. The molecule has 0 heterocycles. The van der Waals surface area contributed by atoms with Gasteiger partial charge >= 0.3 is 5.97 Å². The van der Waals surface area contributed by atoms with Crippen LogP contribution in [0.15, 0.2) is 22.7 Å². The quantitative estimate of drug-likeness (QED) is 0.797. The van der Waals surface area contributed by atoms with Gasteiger partial charge in [0.15, 0.2) is 0 Å². The molecule has 0 aliphatic carbocycles. The summed E-state index contributed by atoms with van der Waals surface area (Å²) >= 11 is 3.09. The third kappa shape index (κ3) is 3.79. The van der Waals surface area contributed by atoms with Crippen LogP contribution in [0.25, 0.3) is 0 Å². The molecule has 20 heavy (non-hydrogen) atoms. The summed E-state index contributed by atoms with van der Waals surface area (Å²) < 4.78 is 18.3. The monoisotopic (exact) mass is 346 g/mol. The van der Waals surface area contributed by atoms with Gasteiger partial charge in [0.05, 0.1) is 17.5 Å². The Morgan fingerprint density at radius 2 is 2.20 bits per heavy atom. The summed E-state index contributed by atoms with van der Waals surface area (Å²) in [5.41, 5.74) is -0.921. The number of ether oxygens (including phenoxy) is 1. The number of aliphatic hydroxyl groups is 1. The molecule has 0 aliphatic rings. The molecule has 0 fully saturated rings. The normalized spacial score (nSPS) is 15.5. The van der Waals surface area contributed by atoms with E-state index in [4.69, 9.17) is 4.74 Å². The maximum Gasteiger partial charge on any atom is 0.311 e. The fourth-order valence-corrected chi connectivity index (χ4v) is 2.57. The van der Waals surface area contributed by atoms with Crippen molar-refractivity contribution in [2.75, 3.05) is 7.11 Å². The Labute approximate surface area is 127 Å². The van der Waals surface area contributed by atoms with Gasteiger partial charge in [0, 0.05) is 0 Å². The van der Waals surface area contributed by atoms with E-state index in [1.807, 2.05) is 6.92 Å².